The zero-order valence-electron chi connectivity index (χ0n) is 21.2. The van der Waals surface area contributed by atoms with E-state index in [4.69, 9.17) is 4.74 Å². The highest BCUT2D eigenvalue weighted by Gasteiger charge is 2.32. The Labute approximate surface area is 212 Å². The quantitative estimate of drug-likeness (QED) is 0.315. The Morgan fingerprint density at radius 1 is 0.833 bits per heavy atom. The Bertz CT molecular complexity index is 958. The molecule has 2 aliphatic rings. The molecule has 0 amide bonds. The van der Waals surface area contributed by atoms with Crippen LogP contribution in [0.5, 0.6) is 11.5 Å². The van der Waals surface area contributed by atoms with Crippen LogP contribution in [-0.4, -0.2) is 6.36 Å². The lowest BCUT2D eigenvalue weighted by atomic mass is 9.68. The van der Waals surface area contributed by atoms with Crippen molar-refractivity contribution in [2.75, 3.05) is 0 Å². The number of ether oxygens (including phenoxy) is 2. The van der Waals surface area contributed by atoms with E-state index in [-0.39, 0.29) is 18.2 Å². The number of unbranched alkanes of at least 4 members (excludes halogenated alkanes) is 1. The number of benzene rings is 2. The number of rotatable bonds is 9. The lowest BCUT2D eigenvalue weighted by Gasteiger charge is -2.38. The zero-order chi connectivity index (χ0) is 25.5. The molecule has 0 spiro atoms. The Kier molecular flexibility index (Phi) is 9.19. The normalized spacial score (nSPS) is 24.9. The molecular formula is C30H38F4O2. The third kappa shape index (κ3) is 7.88. The molecule has 2 saturated carbocycles. The molecule has 6 heteroatoms. The van der Waals surface area contributed by atoms with Gasteiger partial charge in [0.15, 0.2) is 0 Å². The van der Waals surface area contributed by atoms with Crippen LogP contribution >= 0.6 is 0 Å². The SMILES string of the molecule is CCCCC1CCC(C2CCC(c3cc(F)cc(OCc4cccc(OC(F)(F)F)c4)c3)CC2)CC1. The molecule has 0 unspecified atom stereocenters. The molecule has 36 heavy (non-hydrogen) atoms. The van der Waals surface area contributed by atoms with Crippen LogP contribution in [-0.2, 0) is 6.61 Å². The lowest BCUT2D eigenvalue weighted by Crippen LogP contribution is -2.25. The third-order valence-corrected chi connectivity index (χ3v) is 8.20. The van der Waals surface area contributed by atoms with Gasteiger partial charge in [-0.3, -0.25) is 0 Å². The van der Waals surface area contributed by atoms with Crippen LogP contribution in [0, 0.1) is 23.6 Å². The van der Waals surface area contributed by atoms with E-state index >= 15 is 0 Å². The summed E-state index contributed by atoms with van der Waals surface area (Å²) in [5, 5.41) is 0. The molecular weight excluding hydrogens is 468 g/mol. The monoisotopic (exact) mass is 506 g/mol. The largest absolute Gasteiger partial charge is 0.573 e. The van der Waals surface area contributed by atoms with Crippen molar-refractivity contribution in [3.63, 3.8) is 0 Å². The van der Waals surface area contributed by atoms with Crippen LogP contribution < -0.4 is 9.47 Å². The summed E-state index contributed by atoms with van der Waals surface area (Å²) in [7, 11) is 0. The maximum atomic E-state index is 14.4. The molecule has 0 bridgehead atoms. The second-order valence-electron chi connectivity index (χ2n) is 10.7. The van der Waals surface area contributed by atoms with Crippen LogP contribution in [0.2, 0.25) is 0 Å². The van der Waals surface area contributed by atoms with Gasteiger partial charge in [-0.15, -0.1) is 13.2 Å². The first kappa shape index (κ1) is 26.8. The molecule has 2 aromatic carbocycles. The highest BCUT2D eigenvalue weighted by Crippen LogP contribution is 2.45. The fourth-order valence-corrected chi connectivity index (χ4v) is 6.27. The van der Waals surface area contributed by atoms with E-state index in [1.54, 1.807) is 12.1 Å². The molecule has 0 radical (unpaired) electrons. The fourth-order valence-electron chi connectivity index (χ4n) is 6.27. The van der Waals surface area contributed by atoms with Crippen molar-refractivity contribution < 1.29 is 27.0 Å². The van der Waals surface area contributed by atoms with Crippen LogP contribution in [0.3, 0.4) is 0 Å². The smallest absolute Gasteiger partial charge is 0.489 e. The summed E-state index contributed by atoms with van der Waals surface area (Å²) >= 11 is 0. The van der Waals surface area contributed by atoms with Gasteiger partial charge in [0, 0.05) is 6.07 Å². The minimum Gasteiger partial charge on any atom is -0.489 e. The molecule has 0 N–H and O–H groups in total. The third-order valence-electron chi connectivity index (χ3n) is 8.20. The van der Waals surface area contributed by atoms with Crippen molar-refractivity contribution >= 4 is 0 Å². The van der Waals surface area contributed by atoms with Gasteiger partial charge in [-0.25, -0.2) is 4.39 Å². The van der Waals surface area contributed by atoms with Crippen LogP contribution in [0.1, 0.15) is 94.6 Å². The second kappa shape index (κ2) is 12.3. The molecule has 2 aliphatic carbocycles. The van der Waals surface area contributed by atoms with Crippen molar-refractivity contribution in [2.24, 2.45) is 17.8 Å². The summed E-state index contributed by atoms with van der Waals surface area (Å²) in [5.74, 6) is 2.67. The predicted octanol–water partition coefficient (Wildman–Crippen LogP) is 9.57. The van der Waals surface area contributed by atoms with Crippen molar-refractivity contribution in [1.82, 2.24) is 0 Å². The number of hydrogen-bond donors (Lipinski definition) is 0. The number of hydrogen-bond acceptors (Lipinski definition) is 2. The topological polar surface area (TPSA) is 18.5 Å². The molecule has 0 saturated heterocycles. The van der Waals surface area contributed by atoms with Crippen molar-refractivity contribution in [3.8, 4) is 11.5 Å². The molecule has 0 heterocycles. The van der Waals surface area contributed by atoms with Gasteiger partial charge < -0.3 is 9.47 Å². The van der Waals surface area contributed by atoms with Gasteiger partial charge in [-0.05, 0) is 97.6 Å². The summed E-state index contributed by atoms with van der Waals surface area (Å²) in [6.07, 6.45) is 9.37. The summed E-state index contributed by atoms with van der Waals surface area (Å²) in [4.78, 5) is 0. The molecule has 2 aromatic rings. The maximum Gasteiger partial charge on any atom is 0.573 e. The summed E-state index contributed by atoms with van der Waals surface area (Å²) in [6.45, 7) is 2.30. The lowest BCUT2D eigenvalue weighted by molar-refractivity contribution is -0.274. The van der Waals surface area contributed by atoms with Crippen LogP contribution in [0.15, 0.2) is 42.5 Å². The van der Waals surface area contributed by atoms with E-state index in [2.05, 4.69) is 11.7 Å². The first-order valence-corrected chi connectivity index (χ1v) is 13.6. The fraction of sp³-hybridized carbons (Fsp3) is 0.600. The van der Waals surface area contributed by atoms with Gasteiger partial charge in [-0.1, -0.05) is 51.2 Å². The van der Waals surface area contributed by atoms with Gasteiger partial charge in [-0.2, -0.15) is 0 Å². The average Bonchev–Trinajstić information content (AvgIpc) is 2.86. The Balaban J connectivity index is 1.29. The van der Waals surface area contributed by atoms with Crippen LogP contribution in [0.25, 0.3) is 0 Å². The molecule has 2 fully saturated rings. The summed E-state index contributed by atoms with van der Waals surface area (Å²) in [6, 6.07) is 10.5. The summed E-state index contributed by atoms with van der Waals surface area (Å²) in [5.41, 5.74) is 1.48. The van der Waals surface area contributed by atoms with Gasteiger partial charge in [0.25, 0.3) is 0 Å². The molecule has 198 valence electrons. The van der Waals surface area contributed by atoms with E-state index < -0.39 is 6.36 Å². The Hall–Kier alpha value is -2.24. The average molecular weight is 507 g/mol. The zero-order valence-corrected chi connectivity index (χ0v) is 21.2. The maximum absolute atomic E-state index is 14.4. The highest BCUT2D eigenvalue weighted by atomic mass is 19.4. The van der Waals surface area contributed by atoms with Crippen molar-refractivity contribution in [1.29, 1.82) is 0 Å². The van der Waals surface area contributed by atoms with Crippen molar-refractivity contribution in [3.05, 3.63) is 59.4 Å². The minimum atomic E-state index is -4.75. The second-order valence-corrected chi connectivity index (χ2v) is 10.7. The highest BCUT2D eigenvalue weighted by molar-refractivity contribution is 5.33. The van der Waals surface area contributed by atoms with E-state index in [0.29, 0.717) is 17.2 Å². The first-order valence-electron chi connectivity index (χ1n) is 13.6. The predicted molar refractivity (Wildman–Crippen MR) is 134 cm³/mol. The molecule has 2 nitrogen and oxygen atoms in total. The minimum absolute atomic E-state index is 0.0334. The standard InChI is InChI=1S/C30H38F4O2/c1-2-3-5-21-8-10-23(11-9-21)24-12-14-25(15-13-24)26-17-27(31)19-29(18-26)35-20-22-6-4-7-28(16-22)36-30(32,33)34/h4,6-7,16-19,21,23-25H,2-3,5,8-15,20H2,1H3. The molecule has 0 aromatic heterocycles. The van der Waals surface area contributed by atoms with E-state index in [1.807, 2.05) is 6.07 Å². The van der Waals surface area contributed by atoms with Gasteiger partial charge >= 0.3 is 6.36 Å². The number of alkyl halides is 3. The van der Waals surface area contributed by atoms with Gasteiger partial charge in [0.05, 0.1) is 0 Å². The first-order chi connectivity index (χ1) is 17.3. The number of halogens is 4. The van der Waals surface area contributed by atoms with E-state index in [0.717, 1.165) is 36.2 Å². The van der Waals surface area contributed by atoms with Gasteiger partial charge in [0.2, 0.25) is 0 Å². The Morgan fingerprint density at radius 2 is 1.53 bits per heavy atom. The van der Waals surface area contributed by atoms with Gasteiger partial charge in [0.1, 0.15) is 23.9 Å². The molecule has 4 rings (SSSR count). The van der Waals surface area contributed by atoms with E-state index in [1.165, 1.54) is 82.1 Å². The Morgan fingerprint density at radius 3 is 2.19 bits per heavy atom. The van der Waals surface area contributed by atoms with Crippen molar-refractivity contribution in [2.45, 2.75) is 96.4 Å². The van der Waals surface area contributed by atoms with E-state index in [9.17, 15) is 17.6 Å². The van der Waals surface area contributed by atoms with Crippen LogP contribution in [0.4, 0.5) is 17.6 Å². The molecule has 0 aliphatic heterocycles. The molecule has 0 atom stereocenters. The summed E-state index contributed by atoms with van der Waals surface area (Å²) < 4.78 is 61.6.